The van der Waals surface area contributed by atoms with Gasteiger partial charge in [0, 0.05) is 18.3 Å². The van der Waals surface area contributed by atoms with Gasteiger partial charge in [0.1, 0.15) is 5.52 Å². The summed E-state index contributed by atoms with van der Waals surface area (Å²) < 4.78 is 5.66. The van der Waals surface area contributed by atoms with Crippen molar-refractivity contribution in [3.05, 3.63) is 18.2 Å². The molecule has 4 nitrogen and oxygen atoms in total. The molecular weight excluding hydrogens is 238 g/mol. The Morgan fingerprint density at radius 1 is 1.32 bits per heavy atom. The quantitative estimate of drug-likeness (QED) is 0.826. The maximum Gasteiger partial charge on any atom is 0.295 e. The summed E-state index contributed by atoms with van der Waals surface area (Å²) in [6, 6.07) is 6.16. The van der Waals surface area contributed by atoms with E-state index in [4.69, 9.17) is 10.2 Å². The van der Waals surface area contributed by atoms with Crippen molar-refractivity contribution < 1.29 is 4.42 Å². The largest absolute Gasteiger partial charge is 0.423 e. The van der Waals surface area contributed by atoms with Crippen molar-refractivity contribution in [2.75, 3.05) is 17.6 Å². The first-order chi connectivity index (χ1) is 9.20. The van der Waals surface area contributed by atoms with Gasteiger partial charge in [0.2, 0.25) is 0 Å². The molecule has 19 heavy (non-hydrogen) atoms. The van der Waals surface area contributed by atoms with Gasteiger partial charge in [0.25, 0.3) is 6.01 Å². The van der Waals surface area contributed by atoms with Gasteiger partial charge in [0.15, 0.2) is 5.58 Å². The van der Waals surface area contributed by atoms with Gasteiger partial charge >= 0.3 is 0 Å². The van der Waals surface area contributed by atoms with Crippen molar-refractivity contribution in [2.45, 2.75) is 32.6 Å². The molecule has 0 aliphatic heterocycles. The molecule has 4 heteroatoms. The minimum Gasteiger partial charge on any atom is -0.423 e. The zero-order valence-electron chi connectivity index (χ0n) is 11.4. The highest BCUT2D eigenvalue weighted by molar-refractivity contribution is 5.78. The molecule has 0 amide bonds. The van der Waals surface area contributed by atoms with E-state index in [1.807, 2.05) is 18.2 Å². The fourth-order valence-electron chi connectivity index (χ4n) is 2.78. The Morgan fingerprint density at radius 3 is 2.89 bits per heavy atom. The smallest absolute Gasteiger partial charge is 0.295 e. The predicted octanol–water partition coefficient (Wildman–Crippen LogP) is 3.65. The molecule has 0 bridgehead atoms. The van der Waals surface area contributed by atoms with Crippen LogP contribution in [0, 0.1) is 11.8 Å². The van der Waals surface area contributed by atoms with Crippen LogP contribution in [0.15, 0.2) is 22.6 Å². The fourth-order valence-corrected chi connectivity index (χ4v) is 2.78. The molecule has 0 atom stereocenters. The van der Waals surface area contributed by atoms with Gasteiger partial charge in [-0.05, 0) is 36.8 Å². The van der Waals surface area contributed by atoms with Crippen molar-refractivity contribution in [1.29, 1.82) is 0 Å². The van der Waals surface area contributed by atoms with Crippen LogP contribution < -0.4 is 11.1 Å². The monoisotopic (exact) mass is 259 g/mol. The van der Waals surface area contributed by atoms with Gasteiger partial charge in [-0.15, -0.1) is 0 Å². The Labute approximate surface area is 113 Å². The van der Waals surface area contributed by atoms with Crippen LogP contribution >= 0.6 is 0 Å². The van der Waals surface area contributed by atoms with Crippen LogP contribution in [0.2, 0.25) is 0 Å². The Bertz CT molecular complexity index is 556. The number of rotatable bonds is 3. The lowest BCUT2D eigenvalue weighted by Gasteiger charge is -2.25. The van der Waals surface area contributed by atoms with E-state index in [0.29, 0.717) is 11.7 Å². The number of benzene rings is 1. The predicted molar refractivity (Wildman–Crippen MR) is 78.0 cm³/mol. The van der Waals surface area contributed by atoms with Crippen LogP contribution in [0.3, 0.4) is 0 Å². The molecule has 1 heterocycles. The minimum absolute atomic E-state index is 0.610. The Morgan fingerprint density at radius 2 is 2.11 bits per heavy atom. The Kier molecular flexibility index (Phi) is 3.32. The number of nitrogens with zero attached hydrogens (tertiary/aromatic N) is 1. The zero-order valence-corrected chi connectivity index (χ0v) is 11.4. The number of nitrogen functional groups attached to an aromatic ring is 1. The molecule has 0 radical (unpaired) electrons. The van der Waals surface area contributed by atoms with E-state index >= 15 is 0 Å². The second-order valence-electron chi connectivity index (χ2n) is 5.75. The molecule has 0 spiro atoms. The van der Waals surface area contributed by atoms with E-state index in [0.717, 1.165) is 29.5 Å². The van der Waals surface area contributed by atoms with Gasteiger partial charge in [-0.2, -0.15) is 4.98 Å². The molecule has 102 valence electrons. The van der Waals surface area contributed by atoms with Gasteiger partial charge in [-0.3, -0.25) is 0 Å². The van der Waals surface area contributed by atoms with Crippen LogP contribution in [-0.4, -0.2) is 11.5 Å². The topological polar surface area (TPSA) is 64.1 Å². The molecule has 1 aromatic carbocycles. The number of nitrogens with two attached hydrogens (primary N) is 1. The van der Waals surface area contributed by atoms with Crippen molar-refractivity contribution in [2.24, 2.45) is 11.8 Å². The summed E-state index contributed by atoms with van der Waals surface area (Å²) in [4.78, 5) is 4.42. The first-order valence-corrected chi connectivity index (χ1v) is 7.10. The number of fused-ring (bicyclic) bond motifs is 1. The lowest BCUT2D eigenvalue weighted by atomic mass is 9.83. The number of oxazole rings is 1. The first kappa shape index (κ1) is 12.3. The number of anilines is 2. The molecule has 2 aromatic rings. The van der Waals surface area contributed by atoms with E-state index in [1.165, 1.54) is 25.7 Å². The van der Waals surface area contributed by atoms with Crippen molar-refractivity contribution >= 4 is 22.8 Å². The second kappa shape index (κ2) is 5.11. The highest BCUT2D eigenvalue weighted by Crippen LogP contribution is 2.28. The van der Waals surface area contributed by atoms with Gasteiger partial charge in [-0.1, -0.05) is 19.8 Å². The third-order valence-electron chi connectivity index (χ3n) is 4.09. The zero-order chi connectivity index (χ0) is 13.2. The molecule has 0 unspecified atom stereocenters. The Balaban J connectivity index is 1.62. The standard InChI is InChI=1S/C15H21N3O/c1-10-2-4-11(5-3-10)9-17-15-18-13-7-6-12(16)8-14(13)19-15/h6-8,10-11H,2-5,9,16H2,1H3,(H,17,18). The number of nitrogens with one attached hydrogen (secondary N) is 1. The summed E-state index contributed by atoms with van der Waals surface area (Å²) in [6.07, 6.45) is 5.30. The van der Waals surface area contributed by atoms with E-state index in [-0.39, 0.29) is 0 Å². The molecule has 1 aliphatic rings. The van der Waals surface area contributed by atoms with Crippen molar-refractivity contribution in [1.82, 2.24) is 4.98 Å². The first-order valence-electron chi connectivity index (χ1n) is 7.10. The van der Waals surface area contributed by atoms with E-state index in [9.17, 15) is 0 Å². The van der Waals surface area contributed by atoms with Crippen LogP contribution in [0.4, 0.5) is 11.7 Å². The molecule has 1 aromatic heterocycles. The van der Waals surface area contributed by atoms with Crippen molar-refractivity contribution in [3.8, 4) is 0 Å². The molecule has 3 N–H and O–H groups in total. The molecule has 0 saturated heterocycles. The summed E-state index contributed by atoms with van der Waals surface area (Å²) >= 11 is 0. The third kappa shape index (κ3) is 2.83. The number of hydrogen-bond acceptors (Lipinski definition) is 4. The highest BCUT2D eigenvalue weighted by atomic mass is 16.4. The van der Waals surface area contributed by atoms with E-state index in [2.05, 4.69) is 17.2 Å². The summed E-state index contributed by atoms with van der Waals surface area (Å²) in [7, 11) is 0. The van der Waals surface area contributed by atoms with E-state index in [1.54, 1.807) is 0 Å². The SMILES string of the molecule is CC1CCC(CNc2nc3ccc(N)cc3o2)CC1. The summed E-state index contributed by atoms with van der Waals surface area (Å²) in [5.41, 5.74) is 8.04. The van der Waals surface area contributed by atoms with Crippen LogP contribution in [-0.2, 0) is 0 Å². The average Bonchev–Trinajstić information content (AvgIpc) is 2.80. The highest BCUT2D eigenvalue weighted by Gasteiger charge is 2.18. The van der Waals surface area contributed by atoms with E-state index < -0.39 is 0 Å². The molecular formula is C15H21N3O. The fraction of sp³-hybridized carbons (Fsp3) is 0.533. The normalized spacial score (nSPS) is 23.6. The van der Waals surface area contributed by atoms with Crippen LogP contribution in [0.5, 0.6) is 0 Å². The Hall–Kier alpha value is -1.71. The van der Waals surface area contributed by atoms with Gasteiger partial charge < -0.3 is 15.5 Å². The minimum atomic E-state index is 0.610. The third-order valence-corrected chi connectivity index (χ3v) is 4.09. The number of hydrogen-bond donors (Lipinski definition) is 2. The van der Waals surface area contributed by atoms with Crippen LogP contribution in [0.1, 0.15) is 32.6 Å². The van der Waals surface area contributed by atoms with Crippen molar-refractivity contribution in [3.63, 3.8) is 0 Å². The summed E-state index contributed by atoms with van der Waals surface area (Å²) in [5, 5.41) is 3.32. The molecule has 1 fully saturated rings. The van der Waals surface area contributed by atoms with Gasteiger partial charge in [-0.25, -0.2) is 0 Å². The lowest BCUT2D eigenvalue weighted by molar-refractivity contribution is 0.299. The molecule has 1 aliphatic carbocycles. The maximum atomic E-state index is 5.73. The molecule has 1 saturated carbocycles. The molecule has 3 rings (SSSR count). The summed E-state index contributed by atoms with van der Waals surface area (Å²) in [6.45, 7) is 3.30. The van der Waals surface area contributed by atoms with Crippen LogP contribution in [0.25, 0.3) is 11.1 Å². The van der Waals surface area contributed by atoms with Gasteiger partial charge in [0.05, 0.1) is 0 Å². The second-order valence-corrected chi connectivity index (χ2v) is 5.75. The lowest BCUT2D eigenvalue weighted by Crippen LogP contribution is -2.20. The maximum absolute atomic E-state index is 5.73. The summed E-state index contributed by atoms with van der Waals surface area (Å²) in [5.74, 6) is 1.64. The average molecular weight is 259 g/mol. The number of aromatic nitrogens is 1.